The van der Waals surface area contributed by atoms with Gasteiger partial charge in [-0.05, 0) is 54.8 Å². The maximum Gasteiger partial charge on any atom is 0.341 e. The minimum atomic E-state index is -0.455. The molecule has 0 bridgehead atoms. The van der Waals surface area contributed by atoms with Crippen LogP contribution in [0.2, 0.25) is 0 Å². The first-order valence-electron chi connectivity index (χ1n) is 7.84. The Balaban J connectivity index is 2.12. The third-order valence-corrected chi connectivity index (χ3v) is 3.88. The molecule has 0 amide bonds. The Bertz CT molecular complexity index is 800. The summed E-state index contributed by atoms with van der Waals surface area (Å²) in [6.07, 6.45) is 0. The van der Waals surface area contributed by atoms with E-state index in [1.54, 1.807) is 12.1 Å². The standard InChI is InChI=1S/C19H23N3O3/c1-12-5-7-15(9-13(12)2)22-19(20)21-11-14-6-8-17(24-3)16(10-14)18(23)25-4/h5-10H,11H2,1-4H3,(H3,20,21,22). The number of hydrogen-bond donors (Lipinski definition) is 2. The van der Waals surface area contributed by atoms with Crippen molar-refractivity contribution in [1.82, 2.24) is 0 Å². The van der Waals surface area contributed by atoms with Gasteiger partial charge in [-0.1, -0.05) is 12.1 Å². The average Bonchev–Trinajstić information content (AvgIpc) is 2.62. The molecule has 132 valence electrons. The zero-order valence-electron chi connectivity index (χ0n) is 14.9. The number of nitrogens with one attached hydrogen (secondary N) is 1. The number of esters is 1. The van der Waals surface area contributed by atoms with E-state index in [0.29, 0.717) is 23.8 Å². The number of carbonyl (C=O) groups is 1. The zero-order valence-corrected chi connectivity index (χ0v) is 14.9. The van der Waals surface area contributed by atoms with Crippen molar-refractivity contribution in [2.75, 3.05) is 19.5 Å². The fraction of sp³-hybridized carbons (Fsp3) is 0.263. The van der Waals surface area contributed by atoms with Crippen LogP contribution in [0, 0.1) is 13.8 Å². The number of aliphatic imine (C=N–C) groups is 1. The molecule has 0 aromatic heterocycles. The quantitative estimate of drug-likeness (QED) is 0.496. The normalized spacial score (nSPS) is 11.1. The molecule has 25 heavy (non-hydrogen) atoms. The molecule has 0 spiro atoms. The first kappa shape index (κ1) is 18.3. The Morgan fingerprint density at radius 3 is 2.52 bits per heavy atom. The van der Waals surface area contributed by atoms with Gasteiger partial charge in [-0.15, -0.1) is 0 Å². The van der Waals surface area contributed by atoms with Crippen molar-refractivity contribution in [3.8, 4) is 5.75 Å². The number of nitrogens with zero attached hydrogens (tertiary/aromatic N) is 1. The molecule has 0 atom stereocenters. The highest BCUT2D eigenvalue weighted by Crippen LogP contribution is 2.21. The van der Waals surface area contributed by atoms with Crippen LogP contribution in [-0.4, -0.2) is 26.1 Å². The summed E-state index contributed by atoms with van der Waals surface area (Å²) < 4.78 is 9.94. The zero-order chi connectivity index (χ0) is 18.4. The SMILES string of the molecule is COC(=O)c1cc(CN=C(N)Nc2ccc(C)c(C)c2)ccc1OC. The predicted molar refractivity (Wildman–Crippen MR) is 99.2 cm³/mol. The average molecular weight is 341 g/mol. The second-order valence-corrected chi connectivity index (χ2v) is 5.65. The van der Waals surface area contributed by atoms with Gasteiger partial charge in [-0.25, -0.2) is 9.79 Å². The van der Waals surface area contributed by atoms with Crippen LogP contribution in [0.1, 0.15) is 27.0 Å². The van der Waals surface area contributed by atoms with Gasteiger partial charge >= 0.3 is 5.97 Å². The topological polar surface area (TPSA) is 85.9 Å². The Labute approximate surface area is 147 Å². The third-order valence-electron chi connectivity index (χ3n) is 3.88. The Morgan fingerprint density at radius 1 is 1.12 bits per heavy atom. The lowest BCUT2D eigenvalue weighted by Gasteiger charge is -2.10. The maximum absolute atomic E-state index is 11.8. The Kier molecular flexibility index (Phi) is 6.00. The van der Waals surface area contributed by atoms with E-state index < -0.39 is 5.97 Å². The summed E-state index contributed by atoms with van der Waals surface area (Å²) in [4.78, 5) is 16.1. The molecule has 2 aromatic carbocycles. The number of ether oxygens (including phenoxy) is 2. The number of nitrogens with two attached hydrogens (primary N) is 1. The molecular weight excluding hydrogens is 318 g/mol. The molecule has 3 N–H and O–H groups in total. The summed E-state index contributed by atoms with van der Waals surface area (Å²) in [5, 5.41) is 3.06. The van der Waals surface area contributed by atoms with Gasteiger partial charge in [0.05, 0.1) is 20.8 Å². The molecule has 0 saturated heterocycles. The summed E-state index contributed by atoms with van der Waals surface area (Å²) >= 11 is 0. The largest absolute Gasteiger partial charge is 0.496 e. The fourth-order valence-electron chi connectivity index (χ4n) is 2.31. The van der Waals surface area contributed by atoms with Crippen molar-refractivity contribution in [1.29, 1.82) is 0 Å². The Morgan fingerprint density at radius 2 is 1.88 bits per heavy atom. The minimum absolute atomic E-state index is 0.304. The number of anilines is 1. The Hall–Kier alpha value is -3.02. The number of rotatable bonds is 5. The van der Waals surface area contributed by atoms with E-state index in [2.05, 4.69) is 17.2 Å². The first-order chi connectivity index (χ1) is 11.9. The molecule has 0 aliphatic heterocycles. The maximum atomic E-state index is 11.8. The van der Waals surface area contributed by atoms with Crippen molar-refractivity contribution >= 4 is 17.6 Å². The molecule has 6 nitrogen and oxygen atoms in total. The number of guanidine groups is 1. The molecule has 2 rings (SSSR count). The molecule has 0 heterocycles. The lowest BCUT2D eigenvalue weighted by molar-refractivity contribution is 0.0597. The second-order valence-electron chi connectivity index (χ2n) is 5.65. The summed E-state index contributed by atoms with van der Waals surface area (Å²) in [5.74, 6) is 0.309. The van der Waals surface area contributed by atoms with Gasteiger partial charge in [0.15, 0.2) is 5.96 Å². The second kappa shape index (κ2) is 8.19. The number of methoxy groups -OCH3 is 2. The van der Waals surface area contributed by atoms with Crippen molar-refractivity contribution in [2.24, 2.45) is 10.7 Å². The molecule has 0 fully saturated rings. The smallest absolute Gasteiger partial charge is 0.341 e. The highest BCUT2D eigenvalue weighted by molar-refractivity contribution is 5.93. The van der Waals surface area contributed by atoms with E-state index >= 15 is 0 Å². The van der Waals surface area contributed by atoms with Crippen molar-refractivity contribution in [2.45, 2.75) is 20.4 Å². The molecule has 0 unspecified atom stereocenters. The van der Waals surface area contributed by atoms with Crippen LogP contribution in [0.3, 0.4) is 0 Å². The highest BCUT2D eigenvalue weighted by Gasteiger charge is 2.13. The summed E-state index contributed by atoms with van der Waals surface area (Å²) in [6.45, 7) is 4.43. The summed E-state index contributed by atoms with van der Waals surface area (Å²) in [5.41, 5.74) is 10.4. The van der Waals surface area contributed by atoms with E-state index in [1.807, 2.05) is 31.2 Å². The number of aryl methyl sites for hydroxylation is 2. The van der Waals surface area contributed by atoms with Crippen LogP contribution in [0.5, 0.6) is 5.75 Å². The molecule has 2 aromatic rings. The number of hydrogen-bond acceptors (Lipinski definition) is 4. The first-order valence-corrected chi connectivity index (χ1v) is 7.84. The van der Waals surface area contributed by atoms with Gasteiger partial charge < -0.3 is 20.5 Å². The van der Waals surface area contributed by atoms with Gasteiger partial charge in [0.1, 0.15) is 11.3 Å². The van der Waals surface area contributed by atoms with Crippen LogP contribution in [0.15, 0.2) is 41.4 Å². The van der Waals surface area contributed by atoms with E-state index in [-0.39, 0.29) is 0 Å². The van der Waals surface area contributed by atoms with E-state index in [1.165, 1.54) is 25.3 Å². The molecule has 0 aliphatic carbocycles. The van der Waals surface area contributed by atoms with Crippen LogP contribution < -0.4 is 15.8 Å². The summed E-state index contributed by atoms with van der Waals surface area (Å²) in [6, 6.07) is 11.2. The van der Waals surface area contributed by atoms with Crippen LogP contribution in [0.4, 0.5) is 5.69 Å². The van der Waals surface area contributed by atoms with Crippen LogP contribution in [0.25, 0.3) is 0 Å². The van der Waals surface area contributed by atoms with Gasteiger partial charge in [0.2, 0.25) is 0 Å². The van der Waals surface area contributed by atoms with Gasteiger partial charge in [-0.2, -0.15) is 0 Å². The third kappa shape index (κ3) is 4.73. The fourth-order valence-corrected chi connectivity index (χ4v) is 2.31. The van der Waals surface area contributed by atoms with Gasteiger partial charge in [0.25, 0.3) is 0 Å². The monoisotopic (exact) mass is 341 g/mol. The molecule has 6 heteroatoms. The van der Waals surface area contributed by atoms with Crippen LogP contribution in [-0.2, 0) is 11.3 Å². The lowest BCUT2D eigenvalue weighted by Crippen LogP contribution is -2.22. The number of carbonyl (C=O) groups excluding carboxylic acids is 1. The van der Waals surface area contributed by atoms with Gasteiger partial charge in [-0.3, -0.25) is 0 Å². The van der Waals surface area contributed by atoms with Crippen molar-refractivity contribution in [3.05, 3.63) is 58.7 Å². The van der Waals surface area contributed by atoms with Crippen molar-refractivity contribution in [3.63, 3.8) is 0 Å². The molecule has 0 saturated carbocycles. The van der Waals surface area contributed by atoms with E-state index in [4.69, 9.17) is 15.2 Å². The lowest BCUT2D eigenvalue weighted by atomic mass is 10.1. The van der Waals surface area contributed by atoms with E-state index in [9.17, 15) is 4.79 Å². The minimum Gasteiger partial charge on any atom is -0.496 e. The van der Waals surface area contributed by atoms with Crippen molar-refractivity contribution < 1.29 is 14.3 Å². The molecule has 0 aliphatic rings. The summed E-state index contributed by atoms with van der Waals surface area (Å²) in [7, 11) is 2.84. The number of benzene rings is 2. The molecule has 0 radical (unpaired) electrons. The predicted octanol–water partition coefficient (Wildman–Crippen LogP) is 3.03. The van der Waals surface area contributed by atoms with Gasteiger partial charge in [0, 0.05) is 5.69 Å². The van der Waals surface area contributed by atoms with E-state index in [0.717, 1.165) is 11.3 Å². The highest BCUT2D eigenvalue weighted by atomic mass is 16.5. The van der Waals surface area contributed by atoms with Crippen LogP contribution >= 0.6 is 0 Å². The molecular formula is C19H23N3O3.